The number of carbonyl (C=O) groups excluding carboxylic acids is 1. The van der Waals surface area contributed by atoms with Crippen molar-refractivity contribution in [1.82, 2.24) is 4.90 Å². The summed E-state index contributed by atoms with van der Waals surface area (Å²) in [5.74, 6) is -1.49. The van der Waals surface area contributed by atoms with Crippen LogP contribution in [0.3, 0.4) is 0 Å². The summed E-state index contributed by atoms with van der Waals surface area (Å²) in [6.07, 6.45) is 3.24. The Labute approximate surface area is 96.6 Å². The van der Waals surface area contributed by atoms with Gasteiger partial charge in [-0.3, -0.25) is 9.59 Å². The van der Waals surface area contributed by atoms with Crippen LogP contribution in [0.25, 0.3) is 0 Å². The Morgan fingerprint density at radius 2 is 1.62 bits per heavy atom. The molecule has 1 amide bonds. The van der Waals surface area contributed by atoms with E-state index in [1.165, 1.54) is 0 Å². The molecule has 16 heavy (non-hydrogen) atoms. The van der Waals surface area contributed by atoms with Crippen molar-refractivity contribution in [3.05, 3.63) is 0 Å². The molecule has 92 valence electrons. The van der Waals surface area contributed by atoms with Gasteiger partial charge in [-0.2, -0.15) is 0 Å². The molecule has 0 saturated heterocycles. The van der Waals surface area contributed by atoms with Gasteiger partial charge in [-0.25, -0.2) is 0 Å². The lowest BCUT2D eigenvalue weighted by Gasteiger charge is -2.36. The Hall–Kier alpha value is -1.06. The molecule has 1 aliphatic rings. The Morgan fingerprint density at radius 3 is 1.94 bits per heavy atom. The first kappa shape index (κ1) is 13.0. The molecule has 4 heteroatoms. The van der Waals surface area contributed by atoms with Crippen molar-refractivity contribution in [2.45, 2.75) is 39.5 Å². The van der Waals surface area contributed by atoms with Crippen LogP contribution in [0.15, 0.2) is 0 Å². The van der Waals surface area contributed by atoms with Crippen LogP contribution in [0.4, 0.5) is 0 Å². The molecule has 0 radical (unpaired) electrons. The lowest BCUT2D eigenvalue weighted by atomic mass is 9.73. The highest BCUT2D eigenvalue weighted by Gasteiger charge is 2.42. The molecule has 2 atom stereocenters. The first-order chi connectivity index (χ1) is 7.61. The second kappa shape index (κ2) is 5.87. The van der Waals surface area contributed by atoms with Crippen molar-refractivity contribution in [2.75, 3.05) is 13.1 Å². The molecule has 1 fully saturated rings. The molecule has 2 unspecified atom stereocenters. The van der Waals surface area contributed by atoms with Gasteiger partial charge in [0.25, 0.3) is 0 Å². The van der Waals surface area contributed by atoms with Gasteiger partial charge in [-0.15, -0.1) is 0 Å². The van der Waals surface area contributed by atoms with E-state index in [0.29, 0.717) is 6.42 Å². The van der Waals surface area contributed by atoms with Gasteiger partial charge < -0.3 is 10.0 Å². The maximum absolute atomic E-state index is 12.1. The first-order valence-corrected chi connectivity index (χ1v) is 6.13. The largest absolute Gasteiger partial charge is 0.481 e. The minimum Gasteiger partial charge on any atom is -0.481 e. The maximum atomic E-state index is 12.1. The summed E-state index contributed by atoms with van der Waals surface area (Å²) < 4.78 is 0. The number of amides is 1. The van der Waals surface area contributed by atoms with Crippen LogP contribution in [0, 0.1) is 11.8 Å². The Morgan fingerprint density at radius 1 is 1.12 bits per heavy atom. The lowest BCUT2D eigenvalue weighted by molar-refractivity contribution is -0.156. The van der Waals surface area contributed by atoms with Gasteiger partial charge in [0.05, 0.1) is 11.8 Å². The van der Waals surface area contributed by atoms with Crippen molar-refractivity contribution >= 4 is 11.9 Å². The summed E-state index contributed by atoms with van der Waals surface area (Å²) in [7, 11) is 0. The van der Waals surface area contributed by atoms with E-state index in [2.05, 4.69) is 0 Å². The molecule has 4 nitrogen and oxygen atoms in total. The van der Waals surface area contributed by atoms with Crippen LogP contribution in [-0.4, -0.2) is 35.0 Å². The number of carbonyl (C=O) groups is 2. The second-order valence-electron chi connectivity index (χ2n) is 4.45. The van der Waals surface area contributed by atoms with Gasteiger partial charge in [0.1, 0.15) is 0 Å². The monoisotopic (exact) mass is 227 g/mol. The molecule has 0 aromatic carbocycles. The van der Waals surface area contributed by atoms with Crippen LogP contribution < -0.4 is 0 Å². The van der Waals surface area contributed by atoms with Gasteiger partial charge in [0, 0.05) is 13.1 Å². The summed E-state index contributed by atoms with van der Waals surface area (Å²) in [5, 5.41) is 8.92. The molecule has 1 saturated carbocycles. The predicted octanol–water partition coefficient (Wildman–Crippen LogP) is 1.75. The summed E-state index contributed by atoms with van der Waals surface area (Å²) in [4.78, 5) is 24.8. The van der Waals surface area contributed by atoms with Gasteiger partial charge in [-0.05, 0) is 25.7 Å². The van der Waals surface area contributed by atoms with Crippen LogP contribution in [-0.2, 0) is 9.59 Å². The van der Waals surface area contributed by atoms with Gasteiger partial charge in [0.15, 0.2) is 0 Å². The third-order valence-electron chi connectivity index (χ3n) is 3.21. The number of aliphatic carboxylic acids is 1. The van der Waals surface area contributed by atoms with Crippen LogP contribution in [0.2, 0.25) is 0 Å². The van der Waals surface area contributed by atoms with E-state index in [9.17, 15) is 9.59 Å². The number of hydrogen-bond acceptors (Lipinski definition) is 2. The SMILES string of the molecule is CCCN(CCC)C(=O)C1CCC1C(=O)O. The van der Waals surface area contributed by atoms with Crippen molar-refractivity contribution in [3.8, 4) is 0 Å². The number of carboxylic acids is 1. The van der Waals surface area contributed by atoms with Crippen LogP contribution in [0.1, 0.15) is 39.5 Å². The van der Waals surface area contributed by atoms with E-state index in [0.717, 1.165) is 32.4 Å². The van der Waals surface area contributed by atoms with E-state index in [4.69, 9.17) is 5.11 Å². The minimum absolute atomic E-state index is 0.0438. The number of rotatable bonds is 6. The van der Waals surface area contributed by atoms with E-state index in [1.54, 1.807) is 0 Å². The highest BCUT2D eigenvalue weighted by atomic mass is 16.4. The molecular weight excluding hydrogens is 206 g/mol. The normalized spacial score (nSPS) is 23.6. The Kier molecular flexibility index (Phi) is 4.77. The molecular formula is C12H21NO3. The fourth-order valence-electron chi connectivity index (χ4n) is 2.20. The zero-order valence-corrected chi connectivity index (χ0v) is 10.1. The predicted molar refractivity (Wildman–Crippen MR) is 61.0 cm³/mol. The van der Waals surface area contributed by atoms with E-state index >= 15 is 0 Å². The maximum Gasteiger partial charge on any atom is 0.307 e. The van der Waals surface area contributed by atoms with E-state index in [-0.39, 0.29) is 11.8 Å². The fraction of sp³-hybridized carbons (Fsp3) is 0.833. The third kappa shape index (κ3) is 2.74. The molecule has 0 bridgehead atoms. The molecule has 0 aromatic rings. The zero-order chi connectivity index (χ0) is 12.1. The third-order valence-corrected chi connectivity index (χ3v) is 3.21. The number of carboxylic acid groups (broad SMARTS) is 1. The summed E-state index contributed by atoms with van der Waals surface area (Å²) in [6, 6.07) is 0. The second-order valence-corrected chi connectivity index (χ2v) is 4.45. The van der Waals surface area contributed by atoms with E-state index in [1.807, 2.05) is 18.7 Å². The highest BCUT2D eigenvalue weighted by Crippen LogP contribution is 2.35. The van der Waals surface area contributed by atoms with Crippen molar-refractivity contribution in [2.24, 2.45) is 11.8 Å². The van der Waals surface area contributed by atoms with Crippen molar-refractivity contribution in [3.63, 3.8) is 0 Å². The molecule has 1 aliphatic carbocycles. The minimum atomic E-state index is -0.822. The smallest absolute Gasteiger partial charge is 0.307 e. The molecule has 1 rings (SSSR count). The summed E-state index contributed by atoms with van der Waals surface area (Å²) in [6.45, 7) is 5.56. The molecule has 0 spiro atoms. The highest BCUT2D eigenvalue weighted by molar-refractivity contribution is 5.86. The molecule has 1 N–H and O–H groups in total. The standard InChI is InChI=1S/C12H21NO3/c1-3-7-13(8-4-2)11(14)9-5-6-10(9)12(15)16/h9-10H,3-8H2,1-2H3,(H,15,16). The number of nitrogens with zero attached hydrogens (tertiary/aromatic N) is 1. The van der Waals surface area contributed by atoms with Gasteiger partial charge in [-0.1, -0.05) is 13.8 Å². The average molecular weight is 227 g/mol. The Bertz CT molecular complexity index is 259. The number of hydrogen-bond donors (Lipinski definition) is 1. The summed E-state index contributed by atoms with van der Waals surface area (Å²) >= 11 is 0. The van der Waals surface area contributed by atoms with Crippen LogP contribution in [0.5, 0.6) is 0 Å². The Balaban J connectivity index is 2.56. The summed E-state index contributed by atoms with van der Waals surface area (Å²) in [5.41, 5.74) is 0. The van der Waals surface area contributed by atoms with Crippen molar-refractivity contribution in [1.29, 1.82) is 0 Å². The van der Waals surface area contributed by atoms with E-state index < -0.39 is 11.9 Å². The quantitative estimate of drug-likeness (QED) is 0.752. The first-order valence-electron chi connectivity index (χ1n) is 6.13. The van der Waals surface area contributed by atoms with Crippen molar-refractivity contribution < 1.29 is 14.7 Å². The molecule has 0 aromatic heterocycles. The lowest BCUT2D eigenvalue weighted by Crippen LogP contribution is -2.46. The fourth-order valence-corrected chi connectivity index (χ4v) is 2.20. The molecule has 0 heterocycles. The van der Waals surface area contributed by atoms with Gasteiger partial charge in [0.2, 0.25) is 5.91 Å². The molecule has 0 aliphatic heterocycles. The zero-order valence-electron chi connectivity index (χ0n) is 10.1. The van der Waals surface area contributed by atoms with Gasteiger partial charge >= 0.3 is 5.97 Å². The topological polar surface area (TPSA) is 57.6 Å². The van der Waals surface area contributed by atoms with Crippen LogP contribution >= 0.6 is 0 Å². The average Bonchev–Trinajstić information content (AvgIpc) is 2.14.